The largest absolute Gasteiger partial charge is 0.493 e. The van der Waals surface area contributed by atoms with Crippen molar-refractivity contribution in [2.45, 2.75) is 11.3 Å². The van der Waals surface area contributed by atoms with Crippen LogP contribution < -0.4 is 24.2 Å². The first-order valence-electron chi connectivity index (χ1n) is 10.4. The van der Waals surface area contributed by atoms with E-state index in [4.69, 9.17) is 37.4 Å². The lowest BCUT2D eigenvalue weighted by molar-refractivity contribution is -0.123. The van der Waals surface area contributed by atoms with Crippen LogP contribution in [0.2, 0.25) is 10.0 Å². The van der Waals surface area contributed by atoms with Gasteiger partial charge in [-0.05, 0) is 66.6 Å². The lowest BCUT2D eigenvalue weighted by atomic mass is 10.1. The van der Waals surface area contributed by atoms with E-state index in [1.54, 1.807) is 14.2 Å². The Morgan fingerprint density at radius 3 is 2.17 bits per heavy atom. The quantitative estimate of drug-likeness (QED) is 0.371. The summed E-state index contributed by atoms with van der Waals surface area (Å²) in [6.07, 6.45) is 0.601. The molecule has 0 saturated heterocycles. The maximum absolute atomic E-state index is 12.6. The monoisotopic (exact) mass is 538 g/mol. The van der Waals surface area contributed by atoms with Gasteiger partial charge in [0.05, 0.1) is 24.8 Å². The number of sulfonamides is 1. The Hall–Kier alpha value is -3.14. The Balaban J connectivity index is 1.48. The Bertz CT molecular complexity index is 1260. The number of methoxy groups -OCH3 is 2. The van der Waals surface area contributed by atoms with Gasteiger partial charge in [-0.2, -0.15) is 0 Å². The molecule has 3 rings (SSSR count). The molecule has 3 aromatic carbocycles. The molecule has 0 aliphatic rings. The van der Waals surface area contributed by atoms with E-state index in [-0.39, 0.29) is 23.1 Å². The Kier molecular flexibility index (Phi) is 9.08. The summed E-state index contributed by atoms with van der Waals surface area (Å²) in [5.41, 5.74) is 1.22. The average Bonchev–Trinajstić information content (AvgIpc) is 2.82. The summed E-state index contributed by atoms with van der Waals surface area (Å²) in [7, 11) is -0.730. The molecule has 186 valence electrons. The third kappa shape index (κ3) is 7.68. The van der Waals surface area contributed by atoms with Crippen LogP contribution in [0.4, 0.5) is 5.69 Å². The standard InChI is InChI=1S/C24H24Cl2N2O6S/c1-32-22-8-3-16(11-23(22)33-2)9-10-27-24(29)15-34-20-4-6-21(7-5-20)35(30,31)28-19-13-17(25)12-18(26)14-19/h3-8,11-14,28H,9-10,15H2,1-2H3,(H,27,29). The summed E-state index contributed by atoms with van der Waals surface area (Å²) < 4.78 is 43.6. The first kappa shape index (κ1) is 26.5. The van der Waals surface area contributed by atoms with Crippen molar-refractivity contribution in [3.63, 3.8) is 0 Å². The van der Waals surface area contributed by atoms with Crippen LogP contribution in [-0.2, 0) is 21.2 Å². The Morgan fingerprint density at radius 2 is 1.54 bits per heavy atom. The molecule has 0 heterocycles. The molecule has 35 heavy (non-hydrogen) atoms. The molecule has 0 aliphatic heterocycles. The van der Waals surface area contributed by atoms with Crippen LogP contribution in [0.25, 0.3) is 0 Å². The number of halogens is 2. The van der Waals surface area contributed by atoms with Crippen molar-refractivity contribution in [1.29, 1.82) is 0 Å². The van der Waals surface area contributed by atoms with E-state index in [1.807, 2.05) is 18.2 Å². The van der Waals surface area contributed by atoms with Gasteiger partial charge in [0.15, 0.2) is 18.1 Å². The molecule has 11 heteroatoms. The van der Waals surface area contributed by atoms with Crippen molar-refractivity contribution < 1.29 is 27.4 Å². The molecule has 0 spiro atoms. The fraction of sp³-hybridized carbons (Fsp3) is 0.208. The third-order valence-corrected chi connectivity index (χ3v) is 6.64. The Morgan fingerprint density at radius 1 is 0.886 bits per heavy atom. The van der Waals surface area contributed by atoms with E-state index in [0.717, 1.165) is 5.56 Å². The summed E-state index contributed by atoms with van der Waals surface area (Å²) in [5.74, 6) is 1.31. The van der Waals surface area contributed by atoms with Gasteiger partial charge in [-0.3, -0.25) is 9.52 Å². The van der Waals surface area contributed by atoms with Gasteiger partial charge in [-0.1, -0.05) is 29.3 Å². The maximum atomic E-state index is 12.6. The SMILES string of the molecule is COc1ccc(CCNC(=O)COc2ccc(S(=O)(=O)Nc3cc(Cl)cc(Cl)c3)cc2)cc1OC. The van der Waals surface area contributed by atoms with Gasteiger partial charge in [0, 0.05) is 16.6 Å². The van der Waals surface area contributed by atoms with Crippen molar-refractivity contribution in [2.75, 3.05) is 32.1 Å². The molecular weight excluding hydrogens is 515 g/mol. The number of hydrogen-bond acceptors (Lipinski definition) is 6. The number of carbonyl (C=O) groups excluding carboxylic acids is 1. The molecule has 0 bridgehead atoms. The number of benzene rings is 3. The highest BCUT2D eigenvalue weighted by atomic mass is 35.5. The number of carbonyl (C=O) groups is 1. The normalized spacial score (nSPS) is 11.0. The highest BCUT2D eigenvalue weighted by Crippen LogP contribution is 2.28. The van der Waals surface area contributed by atoms with Gasteiger partial charge >= 0.3 is 0 Å². The molecule has 0 saturated carbocycles. The molecule has 0 aliphatic carbocycles. The number of anilines is 1. The van der Waals surface area contributed by atoms with Crippen LogP contribution in [0.5, 0.6) is 17.2 Å². The molecule has 1 amide bonds. The van der Waals surface area contributed by atoms with Gasteiger partial charge in [0.1, 0.15) is 5.75 Å². The summed E-state index contributed by atoms with van der Waals surface area (Å²) >= 11 is 11.8. The zero-order valence-corrected chi connectivity index (χ0v) is 21.3. The predicted molar refractivity (Wildman–Crippen MR) is 135 cm³/mol. The van der Waals surface area contributed by atoms with Crippen molar-refractivity contribution in [3.05, 3.63) is 76.3 Å². The first-order chi connectivity index (χ1) is 16.7. The lowest BCUT2D eigenvalue weighted by Gasteiger charge is -2.11. The van der Waals surface area contributed by atoms with Crippen molar-refractivity contribution in [3.8, 4) is 17.2 Å². The second-order valence-corrected chi connectivity index (χ2v) is 9.87. The molecule has 0 atom stereocenters. The van der Waals surface area contributed by atoms with Gasteiger partial charge in [-0.25, -0.2) is 8.42 Å². The van der Waals surface area contributed by atoms with Crippen LogP contribution >= 0.6 is 23.2 Å². The van der Waals surface area contributed by atoms with Crippen LogP contribution in [0, 0.1) is 0 Å². The van der Waals surface area contributed by atoms with E-state index in [2.05, 4.69) is 10.0 Å². The lowest BCUT2D eigenvalue weighted by Crippen LogP contribution is -2.30. The third-order valence-electron chi connectivity index (χ3n) is 4.80. The zero-order valence-electron chi connectivity index (χ0n) is 19.0. The molecule has 2 N–H and O–H groups in total. The number of hydrogen-bond donors (Lipinski definition) is 2. The molecule has 0 fully saturated rings. The second kappa shape index (κ2) is 12.0. The van der Waals surface area contributed by atoms with Crippen molar-refractivity contribution in [1.82, 2.24) is 5.32 Å². The minimum absolute atomic E-state index is 0.0142. The molecule has 8 nitrogen and oxygen atoms in total. The fourth-order valence-electron chi connectivity index (χ4n) is 3.12. The average molecular weight is 539 g/mol. The first-order valence-corrected chi connectivity index (χ1v) is 12.6. The van der Waals surface area contributed by atoms with Gasteiger partial charge in [-0.15, -0.1) is 0 Å². The van der Waals surface area contributed by atoms with E-state index in [0.29, 0.717) is 40.3 Å². The summed E-state index contributed by atoms with van der Waals surface area (Å²) in [6, 6.07) is 15.6. The van der Waals surface area contributed by atoms with E-state index in [9.17, 15) is 13.2 Å². The zero-order chi connectivity index (χ0) is 25.4. The van der Waals surface area contributed by atoms with Crippen molar-refractivity contribution >= 4 is 44.8 Å². The van der Waals surface area contributed by atoms with E-state index in [1.165, 1.54) is 42.5 Å². The second-order valence-electron chi connectivity index (χ2n) is 7.31. The molecule has 0 aromatic heterocycles. The van der Waals surface area contributed by atoms with Crippen LogP contribution in [0.3, 0.4) is 0 Å². The molecule has 0 radical (unpaired) electrons. The number of rotatable bonds is 11. The minimum atomic E-state index is -3.86. The van der Waals surface area contributed by atoms with Gasteiger partial charge in [0.25, 0.3) is 15.9 Å². The van der Waals surface area contributed by atoms with E-state index >= 15 is 0 Å². The van der Waals surface area contributed by atoms with Crippen LogP contribution in [-0.4, -0.2) is 41.7 Å². The molecule has 3 aromatic rings. The highest BCUT2D eigenvalue weighted by molar-refractivity contribution is 7.92. The smallest absolute Gasteiger partial charge is 0.261 e. The topological polar surface area (TPSA) is 103 Å². The van der Waals surface area contributed by atoms with E-state index < -0.39 is 10.0 Å². The van der Waals surface area contributed by atoms with Crippen molar-refractivity contribution in [2.24, 2.45) is 0 Å². The highest BCUT2D eigenvalue weighted by Gasteiger charge is 2.15. The minimum Gasteiger partial charge on any atom is -0.493 e. The van der Waals surface area contributed by atoms with Gasteiger partial charge < -0.3 is 19.5 Å². The summed E-state index contributed by atoms with van der Waals surface area (Å²) in [5, 5.41) is 3.39. The maximum Gasteiger partial charge on any atom is 0.261 e. The number of ether oxygens (including phenoxy) is 3. The molecule has 0 unspecified atom stereocenters. The Labute approximate surface area is 214 Å². The van der Waals surface area contributed by atoms with Gasteiger partial charge in [0.2, 0.25) is 0 Å². The fourth-order valence-corrected chi connectivity index (χ4v) is 4.69. The predicted octanol–water partition coefficient (Wildman–Crippen LogP) is 4.55. The number of amides is 1. The summed E-state index contributed by atoms with van der Waals surface area (Å²) in [4.78, 5) is 12.1. The van der Waals surface area contributed by atoms with Crippen LogP contribution in [0.15, 0.2) is 65.6 Å². The molecular formula is C24H24Cl2N2O6S. The van der Waals surface area contributed by atoms with Crippen LogP contribution in [0.1, 0.15) is 5.56 Å². The summed E-state index contributed by atoms with van der Waals surface area (Å²) in [6.45, 7) is 0.200. The number of nitrogens with one attached hydrogen (secondary N) is 2.